The van der Waals surface area contributed by atoms with E-state index in [9.17, 15) is 0 Å². The molecule has 0 aromatic carbocycles. The van der Waals surface area contributed by atoms with E-state index in [1.165, 1.54) is 0 Å². The topological polar surface area (TPSA) is 44.9 Å². The molecule has 1 unspecified atom stereocenters. The number of methoxy groups -OCH3 is 1. The Balaban J connectivity index is 2.55. The van der Waals surface area contributed by atoms with Gasteiger partial charge in [-0.25, -0.2) is 4.98 Å². The van der Waals surface area contributed by atoms with Gasteiger partial charge in [0.25, 0.3) is 0 Å². The fourth-order valence-electron chi connectivity index (χ4n) is 2.32. The SMILES string of the molecule is CCc1nn(C)c2c1nc(CCCl)n2CC(C)OC. The van der Waals surface area contributed by atoms with Crippen LogP contribution in [0.15, 0.2) is 0 Å². The second-order valence-corrected chi connectivity index (χ2v) is 5.10. The van der Waals surface area contributed by atoms with Gasteiger partial charge < -0.3 is 9.30 Å². The first-order chi connectivity index (χ1) is 9.12. The molecule has 1 atom stereocenters. The van der Waals surface area contributed by atoms with Crippen LogP contribution in [0.2, 0.25) is 0 Å². The third-order valence-electron chi connectivity index (χ3n) is 3.37. The Kier molecular flexibility index (Phi) is 4.47. The normalized spacial score (nSPS) is 13.3. The molecule has 0 radical (unpaired) electrons. The summed E-state index contributed by atoms with van der Waals surface area (Å²) in [6.07, 6.45) is 1.77. The molecular formula is C13H21ClN4O. The number of rotatable bonds is 6. The first kappa shape index (κ1) is 14.3. The highest BCUT2D eigenvalue weighted by Gasteiger charge is 2.19. The number of ether oxygens (including phenoxy) is 1. The summed E-state index contributed by atoms with van der Waals surface area (Å²) < 4.78 is 9.45. The maximum absolute atomic E-state index is 5.88. The van der Waals surface area contributed by atoms with Crippen LogP contribution >= 0.6 is 11.6 Å². The van der Waals surface area contributed by atoms with E-state index in [4.69, 9.17) is 21.3 Å². The predicted octanol–water partition coefficient (Wildman–Crippen LogP) is 2.15. The fraction of sp³-hybridized carbons (Fsp3) is 0.692. The summed E-state index contributed by atoms with van der Waals surface area (Å²) in [5.41, 5.74) is 3.09. The van der Waals surface area contributed by atoms with Crippen molar-refractivity contribution in [3.05, 3.63) is 11.5 Å². The number of halogens is 1. The molecule has 0 saturated carbocycles. The monoisotopic (exact) mass is 284 g/mol. The van der Waals surface area contributed by atoms with Crippen molar-refractivity contribution in [2.75, 3.05) is 13.0 Å². The molecule has 5 nitrogen and oxygen atoms in total. The molecule has 2 aromatic heterocycles. The molecule has 0 aliphatic carbocycles. The molecule has 0 N–H and O–H groups in total. The molecule has 0 spiro atoms. The third kappa shape index (κ3) is 2.62. The number of nitrogens with zero attached hydrogens (tertiary/aromatic N) is 4. The summed E-state index contributed by atoms with van der Waals surface area (Å²) in [7, 11) is 3.68. The highest BCUT2D eigenvalue weighted by molar-refractivity contribution is 6.17. The lowest BCUT2D eigenvalue weighted by Gasteiger charge is -2.13. The van der Waals surface area contributed by atoms with Gasteiger partial charge in [0, 0.05) is 26.5 Å². The van der Waals surface area contributed by atoms with Gasteiger partial charge in [-0.1, -0.05) is 6.92 Å². The van der Waals surface area contributed by atoms with Crippen LogP contribution in [-0.2, 0) is 31.2 Å². The van der Waals surface area contributed by atoms with Crippen LogP contribution in [0.4, 0.5) is 0 Å². The molecule has 2 rings (SSSR count). The van der Waals surface area contributed by atoms with E-state index >= 15 is 0 Å². The first-order valence-electron chi connectivity index (χ1n) is 6.62. The number of alkyl halides is 1. The van der Waals surface area contributed by atoms with Crippen molar-refractivity contribution in [3.8, 4) is 0 Å². The quantitative estimate of drug-likeness (QED) is 0.764. The largest absolute Gasteiger partial charge is 0.380 e. The summed E-state index contributed by atoms with van der Waals surface area (Å²) in [5, 5.41) is 4.52. The van der Waals surface area contributed by atoms with Gasteiger partial charge in [0.2, 0.25) is 0 Å². The Morgan fingerprint density at radius 1 is 1.42 bits per heavy atom. The van der Waals surface area contributed by atoms with Crippen molar-refractivity contribution in [2.24, 2.45) is 7.05 Å². The molecule has 2 aromatic rings. The minimum absolute atomic E-state index is 0.131. The average Bonchev–Trinajstić information content (AvgIpc) is 2.89. The van der Waals surface area contributed by atoms with Gasteiger partial charge in [-0.05, 0) is 13.3 Å². The van der Waals surface area contributed by atoms with E-state index in [1.54, 1.807) is 7.11 Å². The zero-order valence-corrected chi connectivity index (χ0v) is 12.7. The Labute approximate surface area is 118 Å². The van der Waals surface area contributed by atoms with Crippen molar-refractivity contribution in [2.45, 2.75) is 39.3 Å². The second-order valence-electron chi connectivity index (χ2n) is 4.72. The summed E-state index contributed by atoms with van der Waals surface area (Å²) in [6.45, 7) is 4.91. The van der Waals surface area contributed by atoms with Crippen molar-refractivity contribution in [1.82, 2.24) is 19.3 Å². The van der Waals surface area contributed by atoms with Crippen molar-refractivity contribution < 1.29 is 4.74 Å². The molecule has 6 heteroatoms. The molecule has 0 aliphatic heterocycles. The van der Waals surface area contributed by atoms with E-state index in [0.717, 1.165) is 42.1 Å². The van der Waals surface area contributed by atoms with Crippen LogP contribution in [0.25, 0.3) is 11.2 Å². The van der Waals surface area contributed by atoms with Crippen LogP contribution in [0.5, 0.6) is 0 Å². The molecule has 19 heavy (non-hydrogen) atoms. The smallest absolute Gasteiger partial charge is 0.158 e. The van der Waals surface area contributed by atoms with E-state index < -0.39 is 0 Å². The van der Waals surface area contributed by atoms with Crippen LogP contribution in [-0.4, -0.2) is 38.4 Å². The van der Waals surface area contributed by atoms with E-state index in [1.807, 2.05) is 18.7 Å². The van der Waals surface area contributed by atoms with Gasteiger partial charge in [0.05, 0.1) is 18.3 Å². The lowest BCUT2D eigenvalue weighted by Crippen LogP contribution is -2.18. The Hall–Kier alpha value is -1.07. The maximum Gasteiger partial charge on any atom is 0.158 e. The summed E-state index contributed by atoms with van der Waals surface area (Å²) in [5.74, 6) is 1.58. The summed E-state index contributed by atoms with van der Waals surface area (Å²) in [4.78, 5) is 4.72. The average molecular weight is 285 g/mol. The predicted molar refractivity (Wildman–Crippen MR) is 76.8 cm³/mol. The third-order valence-corrected chi connectivity index (χ3v) is 3.55. The van der Waals surface area contributed by atoms with Crippen molar-refractivity contribution >= 4 is 22.8 Å². The molecule has 2 heterocycles. The standard InChI is InChI=1S/C13H21ClN4O/c1-5-10-12-13(17(3)16-10)18(8-9(2)19-4)11(15-12)6-7-14/h9H,5-8H2,1-4H3. The van der Waals surface area contributed by atoms with Crippen LogP contribution in [0, 0.1) is 0 Å². The molecule has 106 valence electrons. The summed E-state index contributed by atoms with van der Waals surface area (Å²) >= 11 is 5.88. The van der Waals surface area contributed by atoms with E-state index in [2.05, 4.69) is 16.6 Å². The number of aromatic nitrogens is 4. The fourth-order valence-corrected chi connectivity index (χ4v) is 2.49. The van der Waals surface area contributed by atoms with Gasteiger partial charge in [0.15, 0.2) is 5.65 Å². The van der Waals surface area contributed by atoms with Crippen molar-refractivity contribution in [3.63, 3.8) is 0 Å². The van der Waals surface area contributed by atoms with Crippen molar-refractivity contribution in [1.29, 1.82) is 0 Å². The lowest BCUT2D eigenvalue weighted by atomic mass is 10.3. The van der Waals surface area contributed by atoms with Gasteiger partial charge in [-0.3, -0.25) is 4.68 Å². The van der Waals surface area contributed by atoms with Crippen LogP contribution < -0.4 is 0 Å². The number of hydrogen-bond donors (Lipinski definition) is 0. The van der Waals surface area contributed by atoms with Crippen LogP contribution in [0.3, 0.4) is 0 Å². The minimum Gasteiger partial charge on any atom is -0.380 e. The van der Waals surface area contributed by atoms with E-state index in [-0.39, 0.29) is 6.10 Å². The maximum atomic E-state index is 5.88. The first-order valence-corrected chi connectivity index (χ1v) is 7.15. The molecule has 0 amide bonds. The summed E-state index contributed by atoms with van der Waals surface area (Å²) in [6, 6.07) is 0. The second kappa shape index (κ2) is 5.92. The van der Waals surface area contributed by atoms with Gasteiger partial charge in [-0.15, -0.1) is 11.6 Å². The zero-order chi connectivity index (χ0) is 14.0. The molecule has 0 saturated heterocycles. The van der Waals surface area contributed by atoms with Gasteiger partial charge in [-0.2, -0.15) is 5.10 Å². The Bertz CT molecular complexity index is 560. The zero-order valence-electron chi connectivity index (χ0n) is 12.0. The number of imidazole rings is 1. The molecule has 0 aliphatic rings. The molecular weight excluding hydrogens is 264 g/mol. The Morgan fingerprint density at radius 2 is 2.16 bits per heavy atom. The molecule has 0 fully saturated rings. The Morgan fingerprint density at radius 3 is 2.74 bits per heavy atom. The lowest BCUT2D eigenvalue weighted by molar-refractivity contribution is 0.103. The highest BCUT2D eigenvalue weighted by Crippen LogP contribution is 2.21. The minimum atomic E-state index is 0.131. The van der Waals surface area contributed by atoms with Gasteiger partial charge >= 0.3 is 0 Å². The highest BCUT2D eigenvalue weighted by atomic mass is 35.5. The van der Waals surface area contributed by atoms with Crippen LogP contribution in [0.1, 0.15) is 25.4 Å². The van der Waals surface area contributed by atoms with Gasteiger partial charge in [0.1, 0.15) is 11.3 Å². The number of aryl methyl sites for hydroxylation is 3. The number of fused-ring (bicyclic) bond motifs is 1. The number of hydrogen-bond acceptors (Lipinski definition) is 3. The van der Waals surface area contributed by atoms with E-state index in [0.29, 0.717) is 5.88 Å². The molecule has 0 bridgehead atoms.